The van der Waals surface area contributed by atoms with Crippen molar-refractivity contribution in [3.8, 4) is 0 Å². The summed E-state index contributed by atoms with van der Waals surface area (Å²) in [5.41, 5.74) is 6.74. The van der Waals surface area contributed by atoms with Crippen LogP contribution in [-0.4, -0.2) is 18.5 Å². The molecule has 2 atom stereocenters. The predicted molar refractivity (Wildman–Crippen MR) is 70.6 cm³/mol. The summed E-state index contributed by atoms with van der Waals surface area (Å²) >= 11 is 0. The van der Waals surface area contributed by atoms with Crippen molar-refractivity contribution < 1.29 is 4.79 Å². The molecule has 0 saturated carbocycles. The Morgan fingerprint density at radius 3 is 2.53 bits per heavy atom. The summed E-state index contributed by atoms with van der Waals surface area (Å²) in [7, 11) is 0. The SMILES string of the molecule is CC(CN)CC(=O)NC(C)Cc1ccccc1. The van der Waals surface area contributed by atoms with Gasteiger partial charge < -0.3 is 11.1 Å². The van der Waals surface area contributed by atoms with Crippen molar-refractivity contribution in [2.75, 3.05) is 6.54 Å². The number of carbonyl (C=O) groups is 1. The van der Waals surface area contributed by atoms with Crippen LogP contribution in [0.1, 0.15) is 25.8 Å². The van der Waals surface area contributed by atoms with Gasteiger partial charge in [0.25, 0.3) is 0 Å². The molecule has 1 aromatic rings. The van der Waals surface area contributed by atoms with Gasteiger partial charge in [0.2, 0.25) is 5.91 Å². The van der Waals surface area contributed by atoms with Gasteiger partial charge in [-0.05, 0) is 31.4 Å². The number of amides is 1. The van der Waals surface area contributed by atoms with Crippen LogP contribution in [0, 0.1) is 5.92 Å². The Kier molecular flexibility index (Phi) is 5.70. The molecule has 3 heteroatoms. The second-order valence-corrected chi connectivity index (χ2v) is 4.70. The summed E-state index contributed by atoms with van der Waals surface area (Å²) in [4.78, 5) is 11.6. The molecule has 3 nitrogen and oxygen atoms in total. The molecule has 3 N–H and O–H groups in total. The fourth-order valence-corrected chi connectivity index (χ4v) is 1.75. The molecule has 0 aromatic heterocycles. The van der Waals surface area contributed by atoms with E-state index in [2.05, 4.69) is 17.4 Å². The van der Waals surface area contributed by atoms with Gasteiger partial charge >= 0.3 is 0 Å². The Bertz CT molecular complexity index is 337. The van der Waals surface area contributed by atoms with Crippen molar-refractivity contribution in [2.45, 2.75) is 32.7 Å². The highest BCUT2D eigenvalue weighted by Gasteiger charge is 2.10. The first kappa shape index (κ1) is 13.7. The van der Waals surface area contributed by atoms with Gasteiger partial charge in [0.15, 0.2) is 0 Å². The lowest BCUT2D eigenvalue weighted by Gasteiger charge is -2.15. The minimum atomic E-state index is 0.0892. The van der Waals surface area contributed by atoms with E-state index in [0.717, 1.165) is 6.42 Å². The van der Waals surface area contributed by atoms with Crippen LogP contribution in [-0.2, 0) is 11.2 Å². The van der Waals surface area contributed by atoms with E-state index in [-0.39, 0.29) is 17.9 Å². The summed E-state index contributed by atoms with van der Waals surface area (Å²) < 4.78 is 0. The molecule has 0 radical (unpaired) electrons. The number of carbonyl (C=O) groups excluding carboxylic acids is 1. The van der Waals surface area contributed by atoms with E-state index >= 15 is 0 Å². The highest BCUT2D eigenvalue weighted by atomic mass is 16.1. The third-order valence-corrected chi connectivity index (χ3v) is 2.73. The molecule has 94 valence electrons. The Morgan fingerprint density at radius 2 is 1.94 bits per heavy atom. The molecular weight excluding hydrogens is 212 g/mol. The minimum absolute atomic E-state index is 0.0892. The summed E-state index contributed by atoms with van der Waals surface area (Å²) in [6.45, 7) is 4.57. The quantitative estimate of drug-likeness (QED) is 0.787. The topological polar surface area (TPSA) is 55.1 Å². The molecular formula is C14H22N2O. The number of rotatable bonds is 6. The van der Waals surface area contributed by atoms with Crippen LogP contribution < -0.4 is 11.1 Å². The number of nitrogens with two attached hydrogens (primary N) is 1. The zero-order valence-electron chi connectivity index (χ0n) is 10.6. The van der Waals surface area contributed by atoms with Crippen LogP contribution in [0.25, 0.3) is 0 Å². The maximum Gasteiger partial charge on any atom is 0.220 e. The van der Waals surface area contributed by atoms with Crippen LogP contribution in [0.2, 0.25) is 0 Å². The monoisotopic (exact) mass is 234 g/mol. The molecule has 1 rings (SSSR count). The Morgan fingerprint density at radius 1 is 1.29 bits per heavy atom. The van der Waals surface area contributed by atoms with Crippen molar-refractivity contribution in [2.24, 2.45) is 11.7 Å². The lowest BCUT2D eigenvalue weighted by Crippen LogP contribution is -2.35. The Labute approximate surface area is 103 Å². The smallest absolute Gasteiger partial charge is 0.220 e. The highest BCUT2D eigenvalue weighted by Crippen LogP contribution is 2.04. The zero-order valence-corrected chi connectivity index (χ0v) is 10.6. The van der Waals surface area contributed by atoms with E-state index in [9.17, 15) is 4.79 Å². The minimum Gasteiger partial charge on any atom is -0.353 e. The molecule has 17 heavy (non-hydrogen) atoms. The van der Waals surface area contributed by atoms with Crippen molar-refractivity contribution in [1.82, 2.24) is 5.32 Å². The third-order valence-electron chi connectivity index (χ3n) is 2.73. The molecule has 0 fully saturated rings. The molecule has 1 aromatic carbocycles. The summed E-state index contributed by atoms with van der Waals surface area (Å²) in [5, 5.41) is 3.00. The first-order valence-corrected chi connectivity index (χ1v) is 6.15. The van der Waals surface area contributed by atoms with Crippen LogP contribution in [0.3, 0.4) is 0 Å². The van der Waals surface area contributed by atoms with Crippen molar-refractivity contribution in [3.63, 3.8) is 0 Å². The Hall–Kier alpha value is -1.35. The summed E-state index contributed by atoms with van der Waals surface area (Å²) in [6.07, 6.45) is 1.37. The van der Waals surface area contributed by atoms with Crippen molar-refractivity contribution in [1.29, 1.82) is 0 Å². The summed E-state index contributed by atoms with van der Waals surface area (Å²) in [6, 6.07) is 10.3. The van der Waals surface area contributed by atoms with E-state index < -0.39 is 0 Å². The standard InChI is InChI=1S/C14H22N2O/c1-11(10-15)8-14(17)16-12(2)9-13-6-4-3-5-7-13/h3-7,11-12H,8-10,15H2,1-2H3,(H,16,17). The molecule has 0 aliphatic rings. The van der Waals surface area contributed by atoms with E-state index in [1.807, 2.05) is 32.0 Å². The summed E-state index contributed by atoms with van der Waals surface area (Å²) in [5.74, 6) is 0.338. The molecule has 0 spiro atoms. The number of benzene rings is 1. The number of nitrogens with one attached hydrogen (secondary N) is 1. The Balaban J connectivity index is 2.34. The first-order valence-electron chi connectivity index (χ1n) is 6.15. The van der Waals surface area contributed by atoms with E-state index in [0.29, 0.717) is 13.0 Å². The van der Waals surface area contributed by atoms with E-state index in [1.54, 1.807) is 0 Å². The van der Waals surface area contributed by atoms with Crippen molar-refractivity contribution >= 4 is 5.91 Å². The fourth-order valence-electron chi connectivity index (χ4n) is 1.75. The van der Waals surface area contributed by atoms with Crippen LogP contribution in [0.5, 0.6) is 0 Å². The number of hydrogen-bond donors (Lipinski definition) is 2. The second kappa shape index (κ2) is 7.07. The molecule has 1 amide bonds. The third kappa shape index (κ3) is 5.50. The zero-order chi connectivity index (χ0) is 12.7. The maximum absolute atomic E-state index is 11.6. The van der Waals surface area contributed by atoms with Gasteiger partial charge in [0.1, 0.15) is 0 Å². The van der Waals surface area contributed by atoms with E-state index in [4.69, 9.17) is 5.73 Å². The van der Waals surface area contributed by atoms with E-state index in [1.165, 1.54) is 5.56 Å². The lowest BCUT2D eigenvalue weighted by atomic mass is 10.1. The largest absolute Gasteiger partial charge is 0.353 e. The highest BCUT2D eigenvalue weighted by molar-refractivity contribution is 5.76. The first-order chi connectivity index (χ1) is 8.11. The molecule has 0 saturated heterocycles. The molecule has 2 unspecified atom stereocenters. The van der Waals surface area contributed by atoms with Gasteiger partial charge in [-0.25, -0.2) is 0 Å². The predicted octanol–water partition coefficient (Wildman–Crippen LogP) is 1.72. The average molecular weight is 234 g/mol. The van der Waals surface area contributed by atoms with Gasteiger partial charge in [-0.2, -0.15) is 0 Å². The van der Waals surface area contributed by atoms with Gasteiger partial charge in [-0.1, -0.05) is 37.3 Å². The van der Waals surface area contributed by atoms with Crippen LogP contribution >= 0.6 is 0 Å². The maximum atomic E-state index is 11.6. The average Bonchev–Trinajstić information content (AvgIpc) is 2.29. The molecule has 0 bridgehead atoms. The van der Waals surface area contributed by atoms with Gasteiger partial charge in [-0.15, -0.1) is 0 Å². The van der Waals surface area contributed by atoms with Crippen LogP contribution in [0.15, 0.2) is 30.3 Å². The number of hydrogen-bond acceptors (Lipinski definition) is 2. The lowest BCUT2D eigenvalue weighted by molar-refractivity contribution is -0.122. The van der Waals surface area contributed by atoms with Crippen molar-refractivity contribution in [3.05, 3.63) is 35.9 Å². The molecule has 0 aliphatic heterocycles. The van der Waals surface area contributed by atoms with Gasteiger partial charge in [0.05, 0.1) is 0 Å². The van der Waals surface area contributed by atoms with Gasteiger partial charge in [0, 0.05) is 12.5 Å². The van der Waals surface area contributed by atoms with Crippen LogP contribution in [0.4, 0.5) is 0 Å². The fraction of sp³-hybridized carbons (Fsp3) is 0.500. The molecule has 0 heterocycles. The normalized spacial score (nSPS) is 14.1. The van der Waals surface area contributed by atoms with Gasteiger partial charge in [-0.3, -0.25) is 4.79 Å². The second-order valence-electron chi connectivity index (χ2n) is 4.70. The molecule has 0 aliphatic carbocycles.